The third kappa shape index (κ3) is 2.72. The summed E-state index contributed by atoms with van der Waals surface area (Å²) < 4.78 is 0. The lowest BCUT2D eigenvalue weighted by Gasteiger charge is -2.25. The van der Waals surface area contributed by atoms with E-state index in [1.54, 1.807) is 0 Å². The Balaban J connectivity index is 1.86. The maximum Gasteiger partial charge on any atom is 0.323 e. The third-order valence-electron chi connectivity index (χ3n) is 3.73. The minimum Gasteiger partial charge on any atom is -0.312 e. The van der Waals surface area contributed by atoms with E-state index in [0.717, 1.165) is 17.6 Å². The van der Waals surface area contributed by atoms with Gasteiger partial charge in [0, 0.05) is 18.6 Å². The summed E-state index contributed by atoms with van der Waals surface area (Å²) in [6, 6.07) is 7.15. The highest BCUT2D eigenvalue weighted by molar-refractivity contribution is 5.75. The number of likely N-dealkylation sites (N-methyl/N-ethyl adjacent to an activating group) is 1. The molecule has 0 bridgehead atoms. The van der Waals surface area contributed by atoms with Crippen molar-refractivity contribution in [2.24, 2.45) is 0 Å². The first-order chi connectivity index (χ1) is 9.13. The highest BCUT2D eigenvalue weighted by Gasteiger charge is 2.23. The molecule has 1 saturated carbocycles. The molecule has 19 heavy (non-hydrogen) atoms. The molecule has 0 spiro atoms. The van der Waals surface area contributed by atoms with Gasteiger partial charge in [0.15, 0.2) is 0 Å². The Morgan fingerprint density at radius 3 is 2.74 bits per heavy atom. The van der Waals surface area contributed by atoms with Gasteiger partial charge in [0.2, 0.25) is 0 Å². The molecule has 1 fully saturated rings. The zero-order chi connectivity index (χ0) is 13.4. The Morgan fingerprint density at radius 2 is 2.05 bits per heavy atom. The van der Waals surface area contributed by atoms with Gasteiger partial charge in [-0.05, 0) is 44.6 Å². The molecule has 1 unspecified atom stereocenters. The van der Waals surface area contributed by atoms with Crippen molar-refractivity contribution in [3.63, 3.8) is 0 Å². The summed E-state index contributed by atoms with van der Waals surface area (Å²) in [6.07, 6.45) is 2.59. The first-order valence-corrected chi connectivity index (χ1v) is 6.75. The number of nitrogens with zero attached hydrogens (tertiary/aromatic N) is 1. The minimum atomic E-state index is -0.148. The van der Waals surface area contributed by atoms with Crippen molar-refractivity contribution in [1.82, 2.24) is 20.2 Å². The Kier molecular flexibility index (Phi) is 3.16. The summed E-state index contributed by atoms with van der Waals surface area (Å²) >= 11 is 0. The van der Waals surface area contributed by atoms with E-state index in [-0.39, 0.29) is 5.69 Å². The number of imidazole rings is 1. The van der Waals surface area contributed by atoms with Gasteiger partial charge in [0.05, 0.1) is 11.0 Å². The normalized spacial score (nSPS) is 17.2. The number of fused-ring (bicyclic) bond motifs is 1. The summed E-state index contributed by atoms with van der Waals surface area (Å²) in [6.45, 7) is 0.942. The smallest absolute Gasteiger partial charge is 0.312 e. The molecule has 1 atom stereocenters. The second kappa shape index (κ2) is 4.83. The zero-order valence-corrected chi connectivity index (χ0v) is 11.4. The molecular formula is C14H20N4O. The Hall–Kier alpha value is -1.59. The maximum atomic E-state index is 11.3. The van der Waals surface area contributed by atoms with Crippen LogP contribution in [0.2, 0.25) is 0 Å². The van der Waals surface area contributed by atoms with Crippen molar-refractivity contribution in [3.05, 3.63) is 34.2 Å². The SMILES string of the molecule is CN(C)C(CNC1CC1)c1ccc2[nH]c(=O)[nH]c2c1. The molecule has 5 heteroatoms. The largest absolute Gasteiger partial charge is 0.323 e. The quantitative estimate of drug-likeness (QED) is 0.757. The van der Waals surface area contributed by atoms with Crippen LogP contribution < -0.4 is 11.0 Å². The molecule has 1 aromatic heterocycles. The average Bonchev–Trinajstić information content (AvgIpc) is 3.09. The van der Waals surface area contributed by atoms with Gasteiger partial charge >= 0.3 is 5.69 Å². The Morgan fingerprint density at radius 1 is 1.32 bits per heavy atom. The molecule has 0 amide bonds. The molecular weight excluding hydrogens is 240 g/mol. The fraction of sp³-hybridized carbons (Fsp3) is 0.500. The summed E-state index contributed by atoms with van der Waals surface area (Å²) in [4.78, 5) is 19.1. The van der Waals surface area contributed by atoms with Gasteiger partial charge < -0.3 is 20.2 Å². The molecule has 0 radical (unpaired) electrons. The van der Waals surface area contributed by atoms with Gasteiger partial charge in [-0.1, -0.05) is 6.07 Å². The lowest BCUT2D eigenvalue weighted by Crippen LogP contribution is -2.32. The number of hydrogen-bond acceptors (Lipinski definition) is 3. The number of nitrogens with one attached hydrogen (secondary N) is 3. The third-order valence-corrected chi connectivity index (χ3v) is 3.73. The number of rotatable bonds is 5. The predicted octanol–water partition coefficient (Wildman–Crippen LogP) is 1.21. The van der Waals surface area contributed by atoms with Crippen LogP contribution in [-0.2, 0) is 0 Å². The van der Waals surface area contributed by atoms with E-state index in [4.69, 9.17) is 0 Å². The second-order valence-corrected chi connectivity index (χ2v) is 5.55. The zero-order valence-electron chi connectivity index (χ0n) is 11.4. The van der Waals surface area contributed by atoms with Crippen LogP contribution in [0.4, 0.5) is 0 Å². The first-order valence-electron chi connectivity index (χ1n) is 6.75. The monoisotopic (exact) mass is 260 g/mol. The average molecular weight is 260 g/mol. The number of hydrogen-bond donors (Lipinski definition) is 3. The van der Waals surface area contributed by atoms with Gasteiger partial charge in [-0.25, -0.2) is 4.79 Å². The van der Waals surface area contributed by atoms with Gasteiger partial charge in [0.25, 0.3) is 0 Å². The van der Waals surface area contributed by atoms with E-state index in [0.29, 0.717) is 12.1 Å². The van der Waals surface area contributed by atoms with Crippen molar-refractivity contribution in [2.45, 2.75) is 24.9 Å². The minimum absolute atomic E-state index is 0.148. The fourth-order valence-corrected chi connectivity index (χ4v) is 2.42. The van der Waals surface area contributed by atoms with Crippen LogP contribution >= 0.6 is 0 Å². The van der Waals surface area contributed by atoms with Gasteiger partial charge in [-0.15, -0.1) is 0 Å². The number of benzene rings is 1. The summed E-state index contributed by atoms with van der Waals surface area (Å²) in [5, 5.41) is 3.57. The standard InChI is InChI=1S/C14H20N4O/c1-18(2)13(8-15-10-4-5-10)9-3-6-11-12(7-9)17-14(19)16-11/h3,6-7,10,13,15H,4-5,8H2,1-2H3,(H2,16,17,19). The first kappa shape index (κ1) is 12.4. The highest BCUT2D eigenvalue weighted by atomic mass is 16.1. The highest BCUT2D eigenvalue weighted by Crippen LogP contribution is 2.23. The lowest BCUT2D eigenvalue weighted by molar-refractivity contribution is 0.288. The van der Waals surface area contributed by atoms with Crippen LogP contribution in [0.3, 0.4) is 0 Å². The Labute approximate surface area is 112 Å². The van der Waals surface area contributed by atoms with E-state index < -0.39 is 0 Å². The van der Waals surface area contributed by atoms with E-state index >= 15 is 0 Å². The summed E-state index contributed by atoms with van der Waals surface area (Å²) in [5.74, 6) is 0. The maximum absolute atomic E-state index is 11.3. The molecule has 102 valence electrons. The molecule has 1 aliphatic carbocycles. The summed E-state index contributed by atoms with van der Waals surface area (Å²) in [5.41, 5.74) is 2.81. The van der Waals surface area contributed by atoms with Crippen LogP contribution in [0.1, 0.15) is 24.4 Å². The molecule has 5 nitrogen and oxygen atoms in total. The van der Waals surface area contributed by atoms with Gasteiger partial charge in [-0.3, -0.25) is 0 Å². The number of H-pyrrole nitrogens is 2. The topological polar surface area (TPSA) is 63.9 Å². The summed E-state index contributed by atoms with van der Waals surface area (Å²) in [7, 11) is 4.17. The van der Waals surface area contributed by atoms with Crippen molar-refractivity contribution in [3.8, 4) is 0 Å². The van der Waals surface area contributed by atoms with Crippen molar-refractivity contribution in [2.75, 3.05) is 20.6 Å². The van der Waals surface area contributed by atoms with Crippen molar-refractivity contribution < 1.29 is 0 Å². The van der Waals surface area contributed by atoms with Gasteiger partial charge in [0.1, 0.15) is 0 Å². The number of aromatic nitrogens is 2. The molecule has 1 heterocycles. The Bertz CT molecular complexity index is 624. The van der Waals surface area contributed by atoms with Crippen LogP contribution in [0.5, 0.6) is 0 Å². The molecule has 3 N–H and O–H groups in total. The van der Waals surface area contributed by atoms with E-state index in [9.17, 15) is 4.79 Å². The lowest BCUT2D eigenvalue weighted by atomic mass is 10.1. The van der Waals surface area contributed by atoms with Crippen LogP contribution in [0.25, 0.3) is 11.0 Å². The fourth-order valence-electron chi connectivity index (χ4n) is 2.42. The van der Waals surface area contributed by atoms with E-state index in [2.05, 4.69) is 46.4 Å². The number of aromatic amines is 2. The van der Waals surface area contributed by atoms with Crippen molar-refractivity contribution in [1.29, 1.82) is 0 Å². The van der Waals surface area contributed by atoms with E-state index in [1.807, 2.05) is 6.07 Å². The molecule has 1 aliphatic rings. The molecule has 1 aromatic carbocycles. The van der Waals surface area contributed by atoms with Crippen LogP contribution in [0.15, 0.2) is 23.0 Å². The molecule has 2 aromatic rings. The van der Waals surface area contributed by atoms with Crippen LogP contribution in [-0.4, -0.2) is 41.5 Å². The van der Waals surface area contributed by atoms with Crippen molar-refractivity contribution >= 4 is 11.0 Å². The van der Waals surface area contributed by atoms with E-state index in [1.165, 1.54) is 18.4 Å². The molecule has 0 aliphatic heterocycles. The predicted molar refractivity (Wildman–Crippen MR) is 76.4 cm³/mol. The van der Waals surface area contributed by atoms with Gasteiger partial charge in [-0.2, -0.15) is 0 Å². The molecule has 3 rings (SSSR count). The molecule has 0 saturated heterocycles. The second-order valence-electron chi connectivity index (χ2n) is 5.55. The van der Waals surface area contributed by atoms with Crippen LogP contribution in [0, 0.1) is 0 Å².